The van der Waals surface area contributed by atoms with E-state index in [0.29, 0.717) is 0 Å². The Morgan fingerprint density at radius 3 is 2.83 bits per heavy atom. The minimum Gasteiger partial charge on any atom is -0.472 e. The van der Waals surface area contributed by atoms with Gasteiger partial charge >= 0.3 is 17.6 Å². The number of halogens is 2. The van der Waals surface area contributed by atoms with Gasteiger partial charge in [0.25, 0.3) is 5.88 Å². The number of carbonyl (C=O) groups is 2. The van der Waals surface area contributed by atoms with Gasteiger partial charge in [-0.05, 0) is 28.5 Å². The van der Waals surface area contributed by atoms with Crippen LogP contribution >= 0.6 is 11.6 Å². The lowest BCUT2D eigenvalue weighted by Gasteiger charge is -2.06. The molecule has 14 heteroatoms. The lowest BCUT2D eigenvalue weighted by atomic mass is 10.3. The summed E-state index contributed by atoms with van der Waals surface area (Å²) in [4.78, 5) is 34.3. The average Bonchev–Trinajstić information content (AvgIpc) is 3.32. The van der Waals surface area contributed by atoms with Crippen LogP contribution in [0, 0.1) is 5.82 Å². The van der Waals surface area contributed by atoms with Crippen LogP contribution < -0.4 is 15.8 Å². The second-order valence-corrected chi connectivity index (χ2v) is 5.63. The Labute approximate surface area is 165 Å². The first-order valence-corrected chi connectivity index (χ1v) is 8.16. The summed E-state index contributed by atoms with van der Waals surface area (Å²) in [6.45, 7) is -0.201. The maximum absolute atomic E-state index is 13.4. The van der Waals surface area contributed by atoms with Gasteiger partial charge < -0.3 is 14.8 Å². The van der Waals surface area contributed by atoms with Crippen LogP contribution in [0.5, 0.6) is 5.88 Å². The standard InChI is InChI=1S/C15H11ClFN5O7/c1-26-14(24)12(23)18-4-5-27-13-10(19-29-21-13)11-20-28-15(25)22(11)7-2-3-9(17)8(16)6-7/h2-3,6H,4-5H2,1H3,(H,18,23). The van der Waals surface area contributed by atoms with Gasteiger partial charge in [-0.1, -0.05) is 16.8 Å². The normalized spacial score (nSPS) is 10.6. The Morgan fingerprint density at radius 2 is 2.10 bits per heavy atom. The van der Waals surface area contributed by atoms with Gasteiger partial charge in [0.15, 0.2) is 0 Å². The molecule has 1 N–H and O–H groups in total. The number of carbonyl (C=O) groups excluding carboxylic acids is 2. The Morgan fingerprint density at radius 1 is 1.31 bits per heavy atom. The highest BCUT2D eigenvalue weighted by Crippen LogP contribution is 2.27. The maximum atomic E-state index is 13.4. The van der Waals surface area contributed by atoms with Gasteiger partial charge in [-0.3, -0.25) is 9.32 Å². The van der Waals surface area contributed by atoms with E-state index in [4.69, 9.17) is 16.3 Å². The molecule has 0 aliphatic carbocycles. The van der Waals surface area contributed by atoms with E-state index >= 15 is 0 Å². The minimum atomic E-state index is -1.06. The second kappa shape index (κ2) is 8.52. The van der Waals surface area contributed by atoms with Crippen molar-refractivity contribution in [2.24, 2.45) is 0 Å². The number of methoxy groups -OCH3 is 1. The van der Waals surface area contributed by atoms with E-state index in [-0.39, 0.29) is 41.3 Å². The molecule has 0 bridgehead atoms. The van der Waals surface area contributed by atoms with Gasteiger partial charge in [0.2, 0.25) is 11.5 Å². The number of esters is 1. The van der Waals surface area contributed by atoms with E-state index in [2.05, 4.69) is 34.7 Å². The topological polar surface area (TPSA) is 152 Å². The largest absolute Gasteiger partial charge is 0.472 e. The van der Waals surface area contributed by atoms with E-state index < -0.39 is 23.4 Å². The predicted molar refractivity (Wildman–Crippen MR) is 90.9 cm³/mol. The van der Waals surface area contributed by atoms with Crippen molar-refractivity contribution in [3.8, 4) is 23.1 Å². The number of benzene rings is 1. The quantitative estimate of drug-likeness (QED) is 0.331. The van der Waals surface area contributed by atoms with Crippen LogP contribution in [0.25, 0.3) is 17.2 Å². The number of nitrogens with one attached hydrogen (secondary N) is 1. The molecule has 3 aromatic rings. The van der Waals surface area contributed by atoms with E-state index in [1.165, 1.54) is 12.1 Å². The van der Waals surface area contributed by atoms with Crippen LogP contribution in [0.1, 0.15) is 0 Å². The smallest absolute Gasteiger partial charge is 0.446 e. The summed E-state index contributed by atoms with van der Waals surface area (Å²) in [6, 6.07) is 3.53. The van der Waals surface area contributed by atoms with Gasteiger partial charge in [0, 0.05) is 0 Å². The van der Waals surface area contributed by atoms with Crippen LogP contribution in [-0.4, -0.2) is 52.2 Å². The van der Waals surface area contributed by atoms with Crippen molar-refractivity contribution in [3.63, 3.8) is 0 Å². The summed E-state index contributed by atoms with van der Waals surface area (Å²) in [6.07, 6.45) is 0. The number of rotatable bonds is 6. The molecule has 152 valence electrons. The first-order chi connectivity index (χ1) is 13.9. The third-order valence-corrected chi connectivity index (χ3v) is 3.72. The van der Waals surface area contributed by atoms with E-state index in [9.17, 15) is 18.8 Å². The van der Waals surface area contributed by atoms with Crippen LogP contribution in [0.4, 0.5) is 4.39 Å². The number of ether oxygens (including phenoxy) is 2. The van der Waals surface area contributed by atoms with Crippen LogP contribution in [0.15, 0.2) is 32.1 Å². The van der Waals surface area contributed by atoms with E-state index in [0.717, 1.165) is 17.7 Å². The van der Waals surface area contributed by atoms with Gasteiger partial charge in [0.1, 0.15) is 12.4 Å². The van der Waals surface area contributed by atoms with Crippen molar-refractivity contribution in [3.05, 3.63) is 39.6 Å². The van der Waals surface area contributed by atoms with Gasteiger partial charge in [-0.2, -0.15) is 0 Å². The average molecular weight is 428 g/mol. The predicted octanol–water partition coefficient (Wildman–Crippen LogP) is 0.336. The number of hydrogen-bond acceptors (Lipinski definition) is 10. The number of amides is 1. The van der Waals surface area contributed by atoms with Crippen molar-refractivity contribution < 1.29 is 32.6 Å². The molecule has 3 rings (SSSR count). The number of aromatic nitrogens is 4. The zero-order valence-corrected chi connectivity index (χ0v) is 15.3. The molecule has 0 aliphatic rings. The fourth-order valence-corrected chi connectivity index (χ4v) is 2.32. The van der Waals surface area contributed by atoms with Crippen molar-refractivity contribution in [2.45, 2.75) is 0 Å². The SMILES string of the molecule is COC(=O)C(=O)NCCOc1nonc1-c1noc(=O)n1-c1ccc(F)c(Cl)c1. The highest BCUT2D eigenvalue weighted by Gasteiger charge is 2.24. The fraction of sp³-hybridized carbons (Fsp3) is 0.200. The number of nitrogens with zero attached hydrogens (tertiary/aromatic N) is 4. The molecule has 0 saturated carbocycles. The molecule has 29 heavy (non-hydrogen) atoms. The van der Waals surface area contributed by atoms with Crippen LogP contribution in [-0.2, 0) is 14.3 Å². The Kier molecular flexibility index (Phi) is 5.87. The summed E-state index contributed by atoms with van der Waals surface area (Å²) in [7, 11) is 1.07. The Balaban J connectivity index is 1.79. The molecule has 0 saturated heterocycles. The summed E-state index contributed by atoms with van der Waals surface area (Å²) in [5.41, 5.74) is 0.0486. The fourth-order valence-electron chi connectivity index (χ4n) is 2.14. The van der Waals surface area contributed by atoms with Gasteiger partial charge in [-0.15, -0.1) is 0 Å². The molecule has 0 radical (unpaired) electrons. The third kappa shape index (κ3) is 4.24. The molecule has 0 unspecified atom stereocenters. The molecule has 0 aliphatic heterocycles. The zero-order chi connectivity index (χ0) is 21.0. The summed E-state index contributed by atoms with van der Waals surface area (Å²) in [5, 5.41) is 12.8. The molecule has 2 aromatic heterocycles. The van der Waals surface area contributed by atoms with Crippen molar-refractivity contribution >= 4 is 23.5 Å². The lowest BCUT2D eigenvalue weighted by Crippen LogP contribution is -2.34. The summed E-state index contributed by atoms with van der Waals surface area (Å²) < 4.78 is 33.2. The molecular formula is C15H11ClFN5O7. The molecular weight excluding hydrogens is 417 g/mol. The Bertz CT molecular complexity index is 1110. The first-order valence-electron chi connectivity index (χ1n) is 7.78. The van der Waals surface area contributed by atoms with Crippen molar-refractivity contribution in [1.29, 1.82) is 0 Å². The highest BCUT2D eigenvalue weighted by molar-refractivity contribution is 6.32. The maximum Gasteiger partial charge on any atom is 0.446 e. The summed E-state index contributed by atoms with van der Waals surface area (Å²) in [5.74, 6) is -3.91. The van der Waals surface area contributed by atoms with E-state index in [1.807, 2.05) is 0 Å². The third-order valence-electron chi connectivity index (χ3n) is 3.43. The molecule has 0 fully saturated rings. The van der Waals surface area contributed by atoms with Gasteiger partial charge in [0.05, 0.1) is 24.4 Å². The molecule has 0 atom stereocenters. The Hall–Kier alpha value is -3.74. The first kappa shape index (κ1) is 20.0. The zero-order valence-electron chi connectivity index (χ0n) is 14.5. The molecule has 2 heterocycles. The monoisotopic (exact) mass is 427 g/mol. The molecule has 1 amide bonds. The van der Waals surface area contributed by atoms with E-state index in [1.54, 1.807) is 0 Å². The molecule has 12 nitrogen and oxygen atoms in total. The lowest BCUT2D eigenvalue weighted by molar-refractivity contribution is -0.152. The van der Waals surface area contributed by atoms with Gasteiger partial charge in [-0.25, -0.2) is 23.2 Å². The highest BCUT2D eigenvalue weighted by atomic mass is 35.5. The van der Waals surface area contributed by atoms with Crippen molar-refractivity contribution in [1.82, 2.24) is 25.4 Å². The van der Waals surface area contributed by atoms with Crippen LogP contribution in [0.3, 0.4) is 0 Å². The number of hydrogen-bond donors (Lipinski definition) is 1. The molecule has 1 aromatic carbocycles. The van der Waals surface area contributed by atoms with Crippen LogP contribution in [0.2, 0.25) is 5.02 Å². The molecule has 0 spiro atoms. The van der Waals surface area contributed by atoms with Crippen molar-refractivity contribution in [2.75, 3.05) is 20.3 Å². The summed E-state index contributed by atoms with van der Waals surface area (Å²) >= 11 is 5.75. The minimum absolute atomic E-state index is 0.0700. The second-order valence-electron chi connectivity index (χ2n) is 5.22.